The number of phenols is 1. The van der Waals surface area contributed by atoms with Gasteiger partial charge in [-0.25, -0.2) is 0 Å². The Kier molecular flexibility index (Phi) is 5.18. The summed E-state index contributed by atoms with van der Waals surface area (Å²) in [5.41, 5.74) is 0.643. The lowest BCUT2D eigenvalue weighted by Crippen LogP contribution is -2.27. The summed E-state index contributed by atoms with van der Waals surface area (Å²) in [6, 6.07) is 6.31. The van der Waals surface area contributed by atoms with Crippen LogP contribution in [0.2, 0.25) is 15.1 Å². The lowest BCUT2D eigenvalue weighted by Gasteiger charge is -2.21. The number of benzene rings is 2. The summed E-state index contributed by atoms with van der Waals surface area (Å²) >= 11 is 17.8. The minimum absolute atomic E-state index is 0.0495. The van der Waals surface area contributed by atoms with Crippen LogP contribution in [0.1, 0.15) is 28.9 Å². The van der Waals surface area contributed by atoms with Crippen molar-refractivity contribution >= 4 is 40.7 Å². The van der Waals surface area contributed by atoms with E-state index in [2.05, 4.69) is 5.32 Å². The first-order chi connectivity index (χ1) is 11.9. The first-order valence-corrected chi connectivity index (χ1v) is 8.58. The zero-order valence-corrected chi connectivity index (χ0v) is 15.4. The Bertz CT molecular complexity index is 815. The summed E-state index contributed by atoms with van der Waals surface area (Å²) < 4.78 is 11.0. The van der Waals surface area contributed by atoms with E-state index in [9.17, 15) is 9.90 Å². The largest absolute Gasteiger partial charge is 0.505 e. The molecule has 1 aliphatic heterocycles. The Balaban J connectivity index is 1.84. The van der Waals surface area contributed by atoms with Crippen LogP contribution in [0.25, 0.3) is 0 Å². The Morgan fingerprint density at radius 3 is 2.52 bits per heavy atom. The molecule has 1 atom stereocenters. The van der Waals surface area contributed by atoms with Crippen molar-refractivity contribution in [3.05, 3.63) is 50.5 Å². The minimum Gasteiger partial charge on any atom is -0.505 e. The second kappa shape index (κ2) is 7.20. The molecule has 0 saturated carbocycles. The van der Waals surface area contributed by atoms with Gasteiger partial charge in [0.2, 0.25) is 0 Å². The summed E-state index contributed by atoms with van der Waals surface area (Å²) in [5, 5.41) is 12.8. The van der Waals surface area contributed by atoms with E-state index in [0.717, 1.165) is 5.56 Å². The highest BCUT2D eigenvalue weighted by Crippen LogP contribution is 2.39. The number of aromatic hydroxyl groups is 1. The van der Waals surface area contributed by atoms with Crippen molar-refractivity contribution in [3.63, 3.8) is 0 Å². The van der Waals surface area contributed by atoms with Crippen LogP contribution >= 0.6 is 34.8 Å². The summed E-state index contributed by atoms with van der Waals surface area (Å²) in [4.78, 5) is 12.5. The van der Waals surface area contributed by atoms with Gasteiger partial charge in [-0.2, -0.15) is 0 Å². The zero-order chi connectivity index (χ0) is 18.1. The van der Waals surface area contributed by atoms with E-state index in [1.807, 2.05) is 6.07 Å². The van der Waals surface area contributed by atoms with Gasteiger partial charge in [0.15, 0.2) is 11.5 Å². The van der Waals surface area contributed by atoms with Gasteiger partial charge < -0.3 is 19.9 Å². The first-order valence-electron chi connectivity index (χ1n) is 7.45. The highest BCUT2D eigenvalue weighted by Gasteiger charge is 2.23. The average molecular weight is 403 g/mol. The number of carbonyl (C=O) groups excluding carboxylic acids is 1. The Morgan fingerprint density at radius 2 is 1.80 bits per heavy atom. The van der Waals surface area contributed by atoms with Crippen LogP contribution in [0.15, 0.2) is 24.3 Å². The number of nitrogens with one attached hydrogen (secondary N) is 1. The molecular formula is C17H14Cl3NO4. The SMILES string of the molecule is CC(NC(=O)c1c(O)c(Cl)cc(Cl)c1Cl)c1ccc2c(c1)OCCO2. The molecule has 132 valence electrons. The zero-order valence-electron chi connectivity index (χ0n) is 13.1. The third-order valence-corrected chi connectivity index (χ3v) is 4.86. The summed E-state index contributed by atoms with van der Waals surface area (Å²) in [6.07, 6.45) is 0. The number of hydrogen-bond donors (Lipinski definition) is 2. The number of ether oxygens (including phenoxy) is 2. The molecule has 0 bridgehead atoms. The fourth-order valence-corrected chi connectivity index (χ4v) is 3.17. The Labute approximate surface area is 159 Å². The molecule has 0 spiro atoms. The maximum absolute atomic E-state index is 12.5. The minimum atomic E-state index is -0.589. The smallest absolute Gasteiger partial charge is 0.257 e. The second-order valence-electron chi connectivity index (χ2n) is 5.48. The fraction of sp³-hybridized carbons (Fsp3) is 0.235. The summed E-state index contributed by atoms with van der Waals surface area (Å²) in [7, 11) is 0. The highest BCUT2D eigenvalue weighted by molar-refractivity contribution is 6.45. The van der Waals surface area contributed by atoms with E-state index < -0.39 is 11.7 Å². The van der Waals surface area contributed by atoms with Crippen LogP contribution in [0, 0.1) is 0 Å². The molecule has 1 aliphatic rings. The lowest BCUT2D eigenvalue weighted by molar-refractivity contribution is 0.0937. The number of hydrogen-bond acceptors (Lipinski definition) is 4. The summed E-state index contributed by atoms with van der Waals surface area (Å²) in [5.74, 6) is 0.282. The van der Waals surface area contributed by atoms with Gasteiger partial charge in [-0.15, -0.1) is 0 Å². The van der Waals surface area contributed by atoms with E-state index in [1.54, 1.807) is 19.1 Å². The molecular weight excluding hydrogens is 389 g/mol. The molecule has 2 aromatic rings. The van der Waals surface area contributed by atoms with Gasteiger partial charge in [-0.1, -0.05) is 40.9 Å². The molecule has 8 heteroatoms. The Morgan fingerprint density at radius 1 is 1.12 bits per heavy atom. The predicted molar refractivity (Wildman–Crippen MR) is 96.5 cm³/mol. The van der Waals surface area contributed by atoms with Gasteiger partial charge in [-0.05, 0) is 30.7 Å². The average Bonchev–Trinajstić information content (AvgIpc) is 2.59. The van der Waals surface area contributed by atoms with Crippen molar-refractivity contribution in [2.24, 2.45) is 0 Å². The molecule has 0 fully saturated rings. The predicted octanol–water partition coefficient (Wildman–Crippen LogP) is 4.61. The van der Waals surface area contributed by atoms with E-state index >= 15 is 0 Å². The maximum atomic E-state index is 12.5. The van der Waals surface area contributed by atoms with Gasteiger partial charge in [0.1, 0.15) is 24.5 Å². The van der Waals surface area contributed by atoms with Gasteiger partial charge in [0, 0.05) is 0 Å². The standard InChI is InChI=1S/C17H14Cl3NO4/c1-8(9-2-3-12-13(6-9)25-5-4-24-12)21-17(23)14-15(20)10(18)7-11(19)16(14)22/h2-3,6-8,22H,4-5H2,1H3,(H,21,23). The van der Waals surface area contributed by atoms with Gasteiger partial charge in [0.25, 0.3) is 5.91 Å². The summed E-state index contributed by atoms with van der Waals surface area (Å²) in [6.45, 7) is 2.77. The fourth-order valence-electron chi connectivity index (χ4n) is 2.47. The monoisotopic (exact) mass is 401 g/mol. The van der Waals surface area contributed by atoms with E-state index in [1.165, 1.54) is 6.07 Å². The number of fused-ring (bicyclic) bond motifs is 1. The molecule has 1 amide bonds. The van der Waals surface area contributed by atoms with Crippen LogP contribution in [-0.4, -0.2) is 24.2 Å². The molecule has 0 aromatic heterocycles. The Hall–Kier alpha value is -1.82. The van der Waals surface area contributed by atoms with Crippen LogP contribution in [0.4, 0.5) is 0 Å². The van der Waals surface area contributed by atoms with Crippen molar-refractivity contribution in [2.75, 3.05) is 13.2 Å². The van der Waals surface area contributed by atoms with E-state index in [4.69, 9.17) is 44.3 Å². The van der Waals surface area contributed by atoms with Gasteiger partial charge >= 0.3 is 0 Å². The van der Waals surface area contributed by atoms with Crippen LogP contribution in [0.3, 0.4) is 0 Å². The molecule has 1 unspecified atom stereocenters. The quantitative estimate of drug-likeness (QED) is 0.735. The second-order valence-corrected chi connectivity index (χ2v) is 6.67. The highest BCUT2D eigenvalue weighted by atomic mass is 35.5. The van der Waals surface area contributed by atoms with Crippen molar-refractivity contribution in [1.29, 1.82) is 0 Å². The third-order valence-electron chi connectivity index (χ3n) is 3.79. The van der Waals surface area contributed by atoms with Gasteiger partial charge in [0.05, 0.1) is 21.1 Å². The molecule has 2 N–H and O–H groups in total. The van der Waals surface area contributed by atoms with Crippen LogP contribution < -0.4 is 14.8 Å². The molecule has 25 heavy (non-hydrogen) atoms. The van der Waals surface area contributed by atoms with Crippen molar-refractivity contribution in [2.45, 2.75) is 13.0 Å². The first kappa shape index (κ1) is 18.0. The van der Waals surface area contributed by atoms with Gasteiger partial charge in [-0.3, -0.25) is 4.79 Å². The van der Waals surface area contributed by atoms with Crippen molar-refractivity contribution in [3.8, 4) is 17.2 Å². The number of amides is 1. The normalized spacial score (nSPS) is 14.1. The molecule has 3 rings (SSSR count). The van der Waals surface area contributed by atoms with E-state index in [-0.39, 0.29) is 26.7 Å². The topological polar surface area (TPSA) is 67.8 Å². The molecule has 5 nitrogen and oxygen atoms in total. The number of phenolic OH excluding ortho intramolecular Hbond substituents is 1. The van der Waals surface area contributed by atoms with E-state index in [0.29, 0.717) is 24.7 Å². The van der Waals surface area contributed by atoms with Crippen molar-refractivity contribution in [1.82, 2.24) is 5.32 Å². The van der Waals surface area contributed by atoms with Crippen LogP contribution in [-0.2, 0) is 0 Å². The lowest BCUT2D eigenvalue weighted by atomic mass is 10.1. The maximum Gasteiger partial charge on any atom is 0.257 e. The molecule has 0 saturated heterocycles. The van der Waals surface area contributed by atoms with Crippen molar-refractivity contribution < 1.29 is 19.4 Å². The molecule has 0 aliphatic carbocycles. The molecule has 1 heterocycles. The van der Waals surface area contributed by atoms with Crippen LogP contribution in [0.5, 0.6) is 17.2 Å². The molecule has 2 aromatic carbocycles. The number of carbonyl (C=O) groups is 1. The molecule has 0 radical (unpaired) electrons. The number of halogens is 3. The number of rotatable bonds is 3. The third kappa shape index (κ3) is 3.59.